The van der Waals surface area contributed by atoms with Crippen LogP contribution in [0.15, 0.2) is 18.2 Å². The van der Waals surface area contributed by atoms with Gasteiger partial charge in [-0.3, -0.25) is 4.79 Å². The molecular weight excluding hydrogens is 321 g/mol. The number of rotatable bonds is 5. The lowest BCUT2D eigenvalue weighted by molar-refractivity contribution is -0.137. The van der Waals surface area contributed by atoms with E-state index >= 15 is 0 Å². The third-order valence-corrected chi connectivity index (χ3v) is 4.01. The van der Waals surface area contributed by atoms with Crippen molar-refractivity contribution in [1.82, 2.24) is 0 Å². The molecule has 0 heterocycles. The summed E-state index contributed by atoms with van der Waals surface area (Å²) in [5.74, 6) is -0.0208. The Balaban J connectivity index is 1.96. The molecule has 2 rings (SSSR count). The number of halogens is 3. The number of benzene rings is 1. The van der Waals surface area contributed by atoms with Crippen LogP contribution >= 0.6 is 0 Å². The monoisotopic (exact) mass is 340 g/mol. The number of carbonyl (C=O) groups excluding carboxylic acids is 1. The van der Waals surface area contributed by atoms with Gasteiger partial charge in [0.15, 0.2) is 5.78 Å². The van der Waals surface area contributed by atoms with Crippen LogP contribution in [0.4, 0.5) is 18.9 Å². The van der Waals surface area contributed by atoms with Crippen LogP contribution in [0.5, 0.6) is 0 Å². The molecular formula is C17H19F3N2O2. The van der Waals surface area contributed by atoms with E-state index in [2.05, 4.69) is 5.32 Å². The number of ketones is 1. The number of nitrogens with one attached hydrogen (secondary N) is 1. The maximum atomic E-state index is 13.0. The highest BCUT2D eigenvalue weighted by molar-refractivity contribution is 5.76. The first kappa shape index (κ1) is 18.3. The fourth-order valence-corrected chi connectivity index (χ4v) is 2.81. The molecule has 0 amide bonds. The van der Waals surface area contributed by atoms with Crippen molar-refractivity contribution in [3.63, 3.8) is 0 Å². The van der Waals surface area contributed by atoms with E-state index in [1.165, 1.54) is 19.1 Å². The average Bonchev–Trinajstić information content (AvgIpc) is 2.53. The molecule has 1 saturated carbocycles. The van der Waals surface area contributed by atoms with E-state index in [1.807, 2.05) is 0 Å². The van der Waals surface area contributed by atoms with Crippen LogP contribution < -0.4 is 5.32 Å². The summed E-state index contributed by atoms with van der Waals surface area (Å²) in [5, 5.41) is 11.9. The molecule has 1 fully saturated rings. The summed E-state index contributed by atoms with van der Waals surface area (Å²) in [7, 11) is 0. The molecule has 0 aromatic heterocycles. The zero-order valence-electron chi connectivity index (χ0n) is 13.3. The predicted molar refractivity (Wildman–Crippen MR) is 82.5 cm³/mol. The first-order chi connectivity index (χ1) is 11.3. The maximum absolute atomic E-state index is 13.0. The smallest absolute Gasteiger partial charge is 0.382 e. The number of ether oxygens (including phenoxy) is 1. The van der Waals surface area contributed by atoms with E-state index in [-0.39, 0.29) is 30.1 Å². The summed E-state index contributed by atoms with van der Waals surface area (Å²) in [5.41, 5.74) is -0.947. The van der Waals surface area contributed by atoms with E-state index in [1.54, 1.807) is 6.07 Å². The highest BCUT2D eigenvalue weighted by Gasteiger charge is 2.34. The van der Waals surface area contributed by atoms with Gasteiger partial charge < -0.3 is 10.1 Å². The van der Waals surface area contributed by atoms with E-state index < -0.39 is 11.7 Å². The van der Waals surface area contributed by atoms with Crippen LogP contribution in [0, 0.1) is 11.3 Å². The van der Waals surface area contributed by atoms with Gasteiger partial charge in [0.25, 0.3) is 0 Å². The Kier molecular flexibility index (Phi) is 5.84. The molecule has 0 bridgehead atoms. The molecule has 0 aliphatic heterocycles. The van der Waals surface area contributed by atoms with Gasteiger partial charge in [-0.25, -0.2) is 0 Å². The summed E-state index contributed by atoms with van der Waals surface area (Å²) in [6.07, 6.45) is -1.51. The van der Waals surface area contributed by atoms with Crippen LogP contribution in [-0.2, 0) is 15.7 Å². The summed E-state index contributed by atoms with van der Waals surface area (Å²) in [4.78, 5) is 10.9. The molecule has 1 aromatic carbocycles. The van der Waals surface area contributed by atoms with Gasteiger partial charge in [-0.15, -0.1) is 0 Å². The van der Waals surface area contributed by atoms with Gasteiger partial charge in [0.1, 0.15) is 6.61 Å². The second-order valence-electron chi connectivity index (χ2n) is 6.00. The Bertz CT molecular complexity index is 630. The van der Waals surface area contributed by atoms with Gasteiger partial charge in [-0.05, 0) is 50.8 Å². The summed E-state index contributed by atoms with van der Waals surface area (Å²) in [6.45, 7) is 1.57. The molecule has 0 atom stereocenters. The summed E-state index contributed by atoms with van der Waals surface area (Å²) in [6, 6.07) is 5.28. The maximum Gasteiger partial charge on any atom is 0.417 e. The van der Waals surface area contributed by atoms with E-state index in [0.717, 1.165) is 31.7 Å². The Morgan fingerprint density at radius 1 is 1.33 bits per heavy atom. The number of anilines is 1. The quantitative estimate of drug-likeness (QED) is 0.883. The van der Waals surface area contributed by atoms with Crippen molar-refractivity contribution in [3.05, 3.63) is 29.3 Å². The number of hydrogen-bond donors (Lipinski definition) is 1. The molecule has 1 aliphatic carbocycles. The van der Waals surface area contributed by atoms with Gasteiger partial charge in [0.2, 0.25) is 0 Å². The predicted octanol–water partition coefficient (Wildman–Crippen LogP) is 3.91. The van der Waals surface area contributed by atoms with Crippen molar-refractivity contribution < 1.29 is 22.7 Å². The van der Waals surface area contributed by atoms with Gasteiger partial charge >= 0.3 is 6.18 Å². The SMILES string of the molecule is CC(=O)CO[C@H]1CC[C@H](Nc2ccc(C#N)c(C(F)(F)F)c2)CC1. The number of nitriles is 1. The van der Waals surface area contributed by atoms with Crippen molar-refractivity contribution in [3.8, 4) is 6.07 Å². The topological polar surface area (TPSA) is 62.1 Å². The number of hydrogen-bond acceptors (Lipinski definition) is 4. The highest BCUT2D eigenvalue weighted by Crippen LogP contribution is 2.34. The van der Waals surface area contributed by atoms with Gasteiger partial charge in [0, 0.05) is 11.7 Å². The van der Waals surface area contributed by atoms with Crippen molar-refractivity contribution in [2.75, 3.05) is 11.9 Å². The molecule has 0 unspecified atom stereocenters. The van der Waals surface area contributed by atoms with Gasteiger partial charge in [-0.1, -0.05) is 0 Å². The largest absolute Gasteiger partial charge is 0.417 e. The zero-order chi connectivity index (χ0) is 17.7. The third-order valence-electron chi connectivity index (χ3n) is 4.01. The fourth-order valence-electron chi connectivity index (χ4n) is 2.81. The second-order valence-corrected chi connectivity index (χ2v) is 6.00. The Morgan fingerprint density at radius 3 is 2.54 bits per heavy atom. The molecule has 0 saturated heterocycles. The Hall–Kier alpha value is -2.07. The lowest BCUT2D eigenvalue weighted by Crippen LogP contribution is -2.30. The zero-order valence-corrected chi connectivity index (χ0v) is 13.3. The molecule has 4 nitrogen and oxygen atoms in total. The minimum atomic E-state index is -4.55. The molecule has 0 radical (unpaired) electrons. The minimum absolute atomic E-state index is 0.0208. The van der Waals surface area contributed by atoms with Crippen molar-refractivity contribution >= 4 is 11.5 Å². The van der Waals surface area contributed by atoms with Gasteiger partial charge in [0.05, 0.1) is 23.3 Å². The van der Waals surface area contributed by atoms with Crippen molar-refractivity contribution in [1.29, 1.82) is 5.26 Å². The van der Waals surface area contributed by atoms with E-state index in [0.29, 0.717) is 5.69 Å². The summed E-state index contributed by atoms with van der Waals surface area (Å²) >= 11 is 0. The molecule has 7 heteroatoms. The van der Waals surface area contributed by atoms with Crippen LogP contribution in [0.3, 0.4) is 0 Å². The molecule has 24 heavy (non-hydrogen) atoms. The number of nitrogens with zero attached hydrogens (tertiary/aromatic N) is 1. The van der Waals surface area contributed by atoms with E-state index in [9.17, 15) is 18.0 Å². The number of Topliss-reactive ketones (excluding diaryl/α,β-unsaturated/α-hetero) is 1. The molecule has 130 valence electrons. The number of alkyl halides is 3. The van der Waals surface area contributed by atoms with Crippen LogP contribution in [0.25, 0.3) is 0 Å². The molecule has 0 spiro atoms. The molecule has 1 aromatic rings. The Morgan fingerprint density at radius 2 is 2.00 bits per heavy atom. The first-order valence-corrected chi connectivity index (χ1v) is 7.78. The summed E-state index contributed by atoms with van der Waals surface area (Å²) < 4.78 is 44.4. The number of carbonyl (C=O) groups is 1. The van der Waals surface area contributed by atoms with Crippen molar-refractivity contribution in [2.45, 2.75) is 50.9 Å². The lowest BCUT2D eigenvalue weighted by Gasteiger charge is -2.29. The second kappa shape index (κ2) is 7.67. The third kappa shape index (κ3) is 4.96. The van der Waals surface area contributed by atoms with Crippen LogP contribution in [-0.4, -0.2) is 24.5 Å². The van der Waals surface area contributed by atoms with Gasteiger partial charge in [-0.2, -0.15) is 18.4 Å². The normalized spacial score (nSPS) is 21.1. The standard InChI is InChI=1S/C17H19F3N2O2/c1-11(23)10-24-15-6-4-13(5-7-15)22-14-3-2-12(9-21)16(8-14)17(18,19)20/h2-3,8,13,15,22H,4-7,10H2,1H3/t13-,15-. The van der Waals surface area contributed by atoms with Crippen LogP contribution in [0.2, 0.25) is 0 Å². The highest BCUT2D eigenvalue weighted by atomic mass is 19.4. The molecule has 1 N–H and O–H groups in total. The lowest BCUT2D eigenvalue weighted by atomic mass is 9.92. The minimum Gasteiger partial charge on any atom is -0.382 e. The average molecular weight is 340 g/mol. The van der Waals surface area contributed by atoms with Crippen molar-refractivity contribution in [2.24, 2.45) is 0 Å². The fraction of sp³-hybridized carbons (Fsp3) is 0.529. The van der Waals surface area contributed by atoms with E-state index in [4.69, 9.17) is 10.00 Å². The molecule has 1 aliphatic rings. The van der Waals surface area contributed by atoms with Crippen LogP contribution in [0.1, 0.15) is 43.7 Å². The Labute approximate surface area is 138 Å². The first-order valence-electron chi connectivity index (χ1n) is 7.78.